The Bertz CT molecular complexity index is 673. The highest BCUT2D eigenvalue weighted by molar-refractivity contribution is 7.88. The average molecular weight is 340 g/mol. The first-order valence-corrected chi connectivity index (χ1v) is 9.61. The summed E-state index contributed by atoms with van der Waals surface area (Å²) in [5.74, 6) is 0.599. The molecule has 0 aromatic heterocycles. The van der Waals surface area contributed by atoms with Crippen molar-refractivity contribution in [2.75, 3.05) is 26.5 Å². The van der Waals surface area contributed by atoms with E-state index in [0.29, 0.717) is 17.9 Å². The third-order valence-electron chi connectivity index (χ3n) is 4.12. The maximum atomic E-state index is 12.8. The quantitative estimate of drug-likeness (QED) is 0.882. The molecule has 0 spiro atoms. The maximum absolute atomic E-state index is 12.8. The molecule has 6 nitrogen and oxygen atoms in total. The number of carbonyl (C=O) groups excluding carboxylic acids is 1. The molecule has 7 heteroatoms. The fraction of sp³-hybridized carbons (Fsp3) is 0.562. The Hall–Kier alpha value is -1.60. The Labute approximate surface area is 137 Å². The topological polar surface area (TPSA) is 75.7 Å². The van der Waals surface area contributed by atoms with Gasteiger partial charge in [-0.05, 0) is 43.9 Å². The molecular weight excluding hydrogens is 316 g/mol. The highest BCUT2D eigenvalue weighted by Crippen LogP contribution is 2.23. The third-order valence-corrected chi connectivity index (χ3v) is 4.82. The van der Waals surface area contributed by atoms with Gasteiger partial charge in [0, 0.05) is 24.7 Å². The van der Waals surface area contributed by atoms with Gasteiger partial charge in [-0.3, -0.25) is 4.79 Å². The van der Waals surface area contributed by atoms with Gasteiger partial charge in [0.1, 0.15) is 5.75 Å². The van der Waals surface area contributed by atoms with Gasteiger partial charge in [-0.2, -0.15) is 0 Å². The Balaban J connectivity index is 2.17. The van der Waals surface area contributed by atoms with Crippen LogP contribution in [-0.2, 0) is 10.0 Å². The van der Waals surface area contributed by atoms with Crippen molar-refractivity contribution in [1.82, 2.24) is 9.62 Å². The first-order chi connectivity index (χ1) is 10.8. The molecule has 1 aliphatic heterocycles. The number of nitrogens with zero attached hydrogens (tertiary/aromatic N) is 1. The first kappa shape index (κ1) is 17.7. The average Bonchev–Trinajstić information content (AvgIpc) is 2.52. The number of carbonyl (C=O) groups is 1. The van der Waals surface area contributed by atoms with Gasteiger partial charge in [0.25, 0.3) is 5.91 Å². The van der Waals surface area contributed by atoms with E-state index in [-0.39, 0.29) is 18.5 Å². The predicted octanol–water partition coefficient (Wildman–Crippen LogP) is 1.55. The number of sulfonamides is 1. The number of hydrogen-bond donors (Lipinski definition) is 1. The molecule has 0 aliphatic carbocycles. The fourth-order valence-electron chi connectivity index (χ4n) is 2.85. The number of nitrogens with one attached hydrogen (secondary N) is 1. The van der Waals surface area contributed by atoms with E-state index in [0.717, 1.165) is 31.1 Å². The molecule has 2 rings (SSSR count). The monoisotopic (exact) mass is 340 g/mol. The second kappa shape index (κ2) is 7.31. The summed E-state index contributed by atoms with van der Waals surface area (Å²) in [7, 11) is -1.68. The largest absolute Gasteiger partial charge is 0.496 e. The molecule has 1 amide bonds. The molecule has 1 saturated heterocycles. The summed E-state index contributed by atoms with van der Waals surface area (Å²) < 4.78 is 30.4. The van der Waals surface area contributed by atoms with E-state index in [1.165, 1.54) is 0 Å². The molecule has 1 unspecified atom stereocenters. The lowest BCUT2D eigenvalue weighted by molar-refractivity contribution is 0.0618. The van der Waals surface area contributed by atoms with E-state index >= 15 is 0 Å². The summed E-state index contributed by atoms with van der Waals surface area (Å²) in [4.78, 5) is 14.6. The zero-order valence-corrected chi connectivity index (χ0v) is 14.6. The minimum atomic E-state index is -3.26. The van der Waals surface area contributed by atoms with Crippen LogP contribution in [0.15, 0.2) is 18.2 Å². The normalized spacial score (nSPS) is 18.7. The van der Waals surface area contributed by atoms with E-state index in [9.17, 15) is 13.2 Å². The summed E-state index contributed by atoms with van der Waals surface area (Å²) >= 11 is 0. The lowest BCUT2D eigenvalue weighted by atomic mass is 10.0. The van der Waals surface area contributed by atoms with Crippen LogP contribution < -0.4 is 9.46 Å². The van der Waals surface area contributed by atoms with Crippen molar-refractivity contribution < 1.29 is 17.9 Å². The molecule has 1 aromatic carbocycles. The smallest absolute Gasteiger partial charge is 0.254 e. The van der Waals surface area contributed by atoms with Crippen LogP contribution in [0.5, 0.6) is 5.75 Å². The van der Waals surface area contributed by atoms with Crippen molar-refractivity contribution in [3.8, 4) is 5.75 Å². The van der Waals surface area contributed by atoms with Crippen LogP contribution in [0.1, 0.15) is 35.2 Å². The summed E-state index contributed by atoms with van der Waals surface area (Å²) in [5, 5.41) is 0. The maximum Gasteiger partial charge on any atom is 0.254 e. The Morgan fingerprint density at radius 1 is 1.39 bits per heavy atom. The molecule has 128 valence electrons. The minimum Gasteiger partial charge on any atom is -0.496 e. The molecule has 23 heavy (non-hydrogen) atoms. The highest BCUT2D eigenvalue weighted by atomic mass is 32.2. The zero-order valence-electron chi connectivity index (χ0n) is 13.8. The fourth-order valence-corrected chi connectivity index (χ4v) is 3.34. The molecule has 1 heterocycles. The molecule has 0 radical (unpaired) electrons. The summed E-state index contributed by atoms with van der Waals surface area (Å²) in [5.41, 5.74) is 1.54. The van der Waals surface area contributed by atoms with Gasteiger partial charge >= 0.3 is 0 Å². The standard InChI is InChI=1S/C16H24N2O4S/c1-12-7-8-13(10-15(12)22-2)16(19)18-9-5-4-6-14(18)11-17-23(3,20)21/h7-8,10,14,17H,4-6,9,11H2,1-3H3. The van der Waals surface area contributed by atoms with Gasteiger partial charge < -0.3 is 9.64 Å². The van der Waals surface area contributed by atoms with Crippen LogP contribution in [0, 0.1) is 6.92 Å². The number of piperidine rings is 1. The number of ether oxygens (including phenoxy) is 1. The van der Waals surface area contributed by atoms with Crippen molar-refractivity contribution in [2.45, 2.75) is 32.2 Å². The summed E-state index contributed by atoms with van der Waals surface area (Å²) in [6, 6.07) is 5.28. The molecule has 0 saturated carbocycles. The molecule has 1 atom stereocenters. The zero-order chi connectivity index (χ0) is 17.0. The van der Waals surface area contributed by atoms with E-state index in [1.807, 2.05) is 13.0 Å². The Kier molecular flexibility index (Phi) is 5.64. The third kappa shape index (κ3) is 4.68. The number of aryl methyl sites for hydroxylation is 1. The highest BCUT2D eigenvalue weighted by Gasteiger charge is 2.28. The summed E-state index contributed by atoms with van der Waals surface area (Å²) in [6.45, 7) is 2.82. The van der Waals surface area contributed by atoms with Gasteiger partial charge in [-0.25, -0.2) is 13.1 Å². The van der Waals surface area contributed by atoms with Crippen molar-refractivity contribution in [2.24, 2.45) is 0 Å². The van der Waals surface area contributed by atoms with Crippen molar-refractivity contribution >= 4 is 15.9 Å². The number of benzene rings is 1. The van der Waals surface area contributed by atoms with Crippen LogP contribution in [-0.4, -0.2) is 51.7 Å². The lowest BCUT2D eigenvalue weighted by Crippen LogP contribution is -2.49. The number of rotatable bonds is 5. The molecule has 1 aliphatic rings. The molecule has 1 fully saturated rings. The minimum absolute atomic E-state index is 0.0803. The first-order valence-electron chi connectivity index (χ1n) is 7.72. The van der Waals surface area contributed by atoms with E-state index < -0.39 is 10.0 Å². The molecular formula is C16H24N2O4S. The predicted molar refractivity (Wildman–Crippen MR) is 89.3 cm³/mol. The second-order valence-corrected chi connectivity index (χ2v) is 7.79. The van der Waals surface area contributed by atoms with E-state index in [4.69, 9.17) is 4.74 Å². The number of hydrogen-bond acceptors (Lipinski definition) is 4. The van der Waals surface area contributed by atoms with Crippen LogP contribution in [0.3, 0.4) is 0 Å². The Morgan fingerprint density at radius 2 is 2.13 bits per heavy atom. The van der Waals surface area contributed by atoms with Crippen LogP contribution in [0.4, 0.5) is 0 Å². The SMILES string of the molecule is COc1cc(C(=O)N2CCCCC2CNS(C)(=O)=O)ccc1C. The van der Waals surface area contributed by atoms with Crippen molar-refractivity contribution in [3.05, 3.63) is 29.3 Å². The molecule has 0 bridgehead atoms. The van der Waals surface area contributed by atoms with Gasteiger partial charge in [0.15, 0.2) is 0 Å². The second-order valence-electron chi connectivity index (χ2n) is 5.95. The summed E-state index contributed by atoms with van der Waals surface area (Å²) in [6.07, 6.45) is 3.87. The van der Waals surface area contributed by atoms with Gasteiger partial charge in [-0.1, -0.05) is 6.07 Å². The lowest BCUT2D eigenvalue weighted by Gasteiger charge is -2.36. The Morgan fingerprint density at radius 3 is 2.78 bits per heavy atom. The number of likely N-dealkylation sites (tertiary alicyclic amines) is 1. The van der Waals surface area contributed by atoms with Crippen LogP contribution in [0.25, 0.3) is 0 Å². The number of methoxy groups -OCH3 is 1. The molecule has 1 N–H and O–H groups in total. The van der Waals surface area contributed by atoms with Gasteiger partial charge in [0.05, 0.1) is 13.4 Å². The van der Waals surface area contributed by atoms with E-state index in [2.05, 4.69) is 4.72 Å². The van der Waals surface area contributed by atoms with Gasteiger partial charge in [0.2, 0.25) is 10.0 Å². The van der Waals surface area contributed by atoms with Crippen molar-refractivity contribution in [1.29, 1.82) is 0 Å². The molecule has 1 aromatic rings. The number of amides is 1. The van der Waals surface area contributed by atoms with Gasteiger partial charge in [-0.15, -0.1) is 0 Å². The van der Waals surface area contributed by atoms with E-state index in [1.54, 1.807) is 24.1 Å². The van der Waals surface area contributed by atoms with Crippen molar-refractivity contribution in [3.63, 3.8) is 0 Å². The van der Waals surface area contributed by atoms with Crippen LogP contribution in [0.2, 0.25) is 0 Å². The van der Waals surface area contributed by atoms with Crippen LogP contribution >= 0.6 is 0 Å².